The third kappa shape index (κ3) is 3.65. The summed E-state index contributed by atoms with van der Waals surface area (Å²) in [7, 11) is 0. The zero-order chi connectivity index (χ0) is 17.4. The van der Waals surface area contributed by atoms with Gasteiger partial charge in [-0.25, -0.2) is 0 Å². The van der Waals surface area contributed by atoms with E-state index >= 15 is 0 Å². The molecule has 1 aromatic carbocycles. The Labute approximate surface area is 138 Å². The number of nitrogens with one attached hydrogen (secondary N) is 1. The lowest BCUT2D eigenvalue weighted by atomic mass is 10.2. The van der Waals surface area contributed by atoms with Crippen molar-refractivity contribution in [2.45, 2.75) is 13.1 Å². The summed E-state index contributed by atoms with van der Waals surface area (Å²) in [6.07, 6.45) is -4.05. The van der Waals surface area contributed by atoms with Crippen LogP contribution < -0.4 is 5.56 Å². The Morgan fingerprint density at radius 2 is 1.91 bits per heavy atom. The second kappa shape index (κ2) is 6.21. The molecule has 1 heterocycles. The van der Waals surface area contributed by atoms with Crippen LogP contribution in [0.25, 0.3) is 11.8 Å². The molecule has 0 atom stereocenters. The van der Waals surface area contributed by atoms with Crippen LogP contribution in [0, 0.1) is 4.77 Å². The Hall–Kier alpha value is -2.06. The van der Waals surface area contributed by atoms with E-state index in [-0.39, 0.29) is 4.77 Å². The average molecular weight is 363 g/mol. The van der Waals surface area contributed by atoms with E-state index in [1.54, 1.807) is 0 Å². The lowest BCUT2D eigenvalue weighted by molar-refractivity contribution is -0.0903. The van der Waals surface area contributed by atoms with Crippen molar-refractivity contribution in [2.75, 3.05) is 0 Å². The monoisotopic (exact) mass is 362 g/mol. The predicted molar refractivity (Wildman–Crippen MR) is 83.6 cm³/mol. The molecule has 0 aliphatic rings. The summed E-state index contributed by atoms with van der Waals surface area (Å²) in [5, 5.41) is 10.6. The van der Waals surface area contributed by atoms with E-state index in [2.05, 4.69) is 4.98 Å². The summed E-state index contributed by atoms with van der Waals surface area (Å²) in [4.78, 5) is 14.1. The average Bonchev–Trinajstić information content (AvgIpc) is 2.44. The third-order valence-corrected chi connectivity index (χ3v) is 3.55. The number of H-pyrrole nitrogens is 1. The molecule has 122 valence electrons. The summed E-state index contributed by atoms with van der Waals surface area (Å²) in [6.45, 7) is 0.799. The molecule has 0 aliphatic heterocycles. The summed E-state index contributed by atoms with van der Waals surface area (Å²) in [6, 6.07) is 6.03. The summed E-state index contributed by atoms with van der Waals surface area (Å²) >= 11 is 10.7. The standard InChI is InChI=1S/C14H10ClF3N2O2S/c1-7(14(16,17)18)6-10-11(21)19-13(23)20(12(10)22)9-4-2-8(15)3-5-9/h2-6,22H,1H3,(H,19,21,23). The zero-order valence-electron chi connectivity index (χ0n) is 11.6. The van der Waals surface area contributed by atoms with E-state index in [0.29, 0.717) is 16.8 Å². The van der Waals surface area contributed by atoms with Gasteiger partial charge in [0.05, 0.1) is 5.69 Å². The molecule has 4 nitrogen and oxygen atoms in total. The highest BCUT2D eigenvalue weighted by molar-refractivity contribution is 7.71. The fourth-order valence-electron chi connectivity index (χ4n) is 1.80. The lowest BCUT2D eigenvalue weighted by Crippen LogP contribution is -2.17. The molecule has 23 heavy (non-hydrogen) atoms. The number of nitrogens with zero attached hydrogens (tertiary/aromatic N) is 1. The Morgan fingerprint density at radius 3 is 2.43 bits per heavy atom. The number of aromatic nitrogens is 2. The van der Waals surface area contributed by atoms with Gasteiger partial charge in [0.1, 0.15) is 5.56 Å². The molecule has 0 spiro atoms. The first kappa shape index (κ1) is 17.3. The van der Waals surface area contributed by atoms with Crippen LogP contribution in [0.5, 0.6) is 5.88 Å². The van der Waals surface area contributed by atoms with Crippen LogP contribution in [-0.4, -0.2) is 20.8 Å². The number of alkyl halides is 3. The maximum absolute atomic E-state index is 12.6. The van der Waals surface area contributed by atoms with Gasteiger partial charge >= 0.3 is 6.18 Å². The molecule has 0 fully saturated rings. The van der Waals surface area contributed by atoms with Crippen LogP contribution in [0.1, 0.15) is 12.5 Å². The summed E-state index contributed by atoms with van der Waals surface area (Å²) in [5.41, 5.74) is -2.14. The van der Waals surface area contributed by atoms with Gasteiger partial charge in [-0.2, -0.15) is 13.2 Å². The van der Waals surface area contributed by atoms with Crippen LogP contribution in [0.3, 0.4) is 0 Å². The molecule has 1 aromatic heterocycles. The van der Waals surface area contributed by atoms with Crippen molar-refractivity contribution in [1.29, 1.82) is 0 Å². The molecule has 0 saturated carbocycles. The van der Waals surface area contributed by atoms with E-state index in [1.807, 2.05) is 0 Å². The molecule has 2 aromatic rings. The largest absolute Gasteiger partial charge is 0.494 e. The Bertz CT molecular complexity index is 883. The fraction of sp³-hybridized carbons (Fsp3) is 0.143. The molecular formula is C14H10ClF3N2O2S. The minimum atomic E-state index is -4.61. The van der Waals surface area contributed by atoms with Crippen molar-refractivity contribution in [1.82, 2.24) is 9.55 Å². The minimum absolute atomic E-state index is 0.156. The first-order chi connectivity index (χ1) is 10.6. The highest BCUT2D eigenvalue weighted by Crippen LogP contribution is 2.29. The smallest absolute Gasteiger partial charge is 0.412 e. The van der Waals surface area contributed by atoms with Gasteiger partial charge in [-0.1, -0.05) is 11.6 Å². The van der Waals surface area contributed by atoms with Crippen LogP contribution in [0.2, 0.25) is 5.02 Å². The van der Waals surface area contributed by atoms with Crippen LogP contribution >= 0.6 is 23.8 Å². The maximum atomic E-state index is 12.6. The number of benzene rings is 1. The molecule has 2 N–H and O–H groups in total. The summed E-state index contributed by atoms with van der Waals surface area (Å²) < 4.78 is 38.8. The van der Waals surface area contributed by atoms with Crippen LogP contribution in [0.15, 0.2) is 34.6 Å². The van der Waals surface area contributed by atoms with Gasteiger partial charge in [-0.15, -0.1) is 0 Å². The topological polar surface area (TPSA) is 58.0 Å². The van der Waals surface area contributed by atoms with Gasteiger partial charge in [0.25, 0.3) is 5.56 Å². The first-order valence-electron chi connectivity index (χ1n) is 6.21. The second-order valence-corrected chi connectivity index (χ2v) is 5.46. The highest BCUT2D eigenvalue weighted by Gasteiger charge is 2.30. The van der Waals surface area contributed by atoms with Crippen LogP contribution in [-0.2, 0) is 0 Å². The van der Waals surface area contributed by atoms with E-state index in [9.17, 15) is 23.1 Å². The van der Waals surface area contributed by atoms with Gasteiger partial charge in [0.15, 0.2) is 4.77 Å². The van der Waals surface area contributed by atoms with Crippen LogP contribution in [0.4, 0.5) is 13.2 Å². The molecule has 2 rings (SSSR count). The third-order valence-electron chi connectivity index (χ3n) is 3.01. The molecule has 0 bridgehead atoms. The molecular weight excluding hydrogens is 353 g/mol. The Morgan fingerprint density at radius 1 is 1.35 bits per heavy atom. The molecule has 0 saturated heterocycles. The number of hydrogen-bond acceptors (Lipinski definition) is 3. The number of halogens is 4. The fourth-order valence-corrected chi connectivity index (χ4v) is 2.21. The number of rotatable bonds is 2. The molecule has 0 unspecified atom stereocenters. The molecule has 0 radical (unpaired) electrons. The normalized spacial score (nSPS) is 12.5. The quantitative estimate of drug-likeness (QED) is 0.786. The minimum Gasteiger partial charge on any atom is -0.494 e. The summed E-state index contributed by atoms with van der Waals surface area (Å²) in [5.74, 6) is -0.690. The van der Waals surface area contributed by atoms with Gasteiger partial charge in [0, 0.05) is 10.6 Å². The highest BCUT2D eigenvalue weighted by atomic mass is 35.5. The van der Waals surface area contributed by atoms with Gasteiger partial charge in [0.2, 0.25) is 5.88 Å². The Balaban J connectivity index is 2.73. The molecule has 0 aliphatic carbocycles. The first-order valence-corrected chi connectivity index (χ1v) is 6.99. The van der Waals surface area contributed by atoms with E-state index < -0.39 is 28.8 Å². The molecule has 9 heteroatoms. The van der Waals surface area contributed by atoms with Crippen molar-refractivity contribution in [3.05, 3.63) is 55.5 Å². The van der Waals surface area contributed by atoms with Gasteiger partial charge < -0.3 is 5.11 Å². The number of allylic oxidation sites excluding steroid dienone is 1. The van der Waals surface area contributed by atoms with E-state index in [0.717, 1.165) is 11.5 Å². The van der Waals surface area contributed by atoms with E-state index in [1.165, 1.54) is 24.3 Å². The van der Waals surface area contributed by atoms with Gasteiger partial charge in [-0.3, -0.25) is 14.3 Å². The van der Waals surface area contributed by atoms with Crippen molar-refractivity contribution in [2.24, 2.45) is 0 Å². The zero-order valence-corrected chi connectivity index (χ0v) is 13.2. The van der Waals surface area contributed by atoms with Crippen molar-refractivity contribution in [3.8, 4) is 11.6 Å². The number of aromatic amines is 1. The van der Waals surface area contributed by atoms with Crippen molar-refractivity contribution >= 4 is 29.9 Å². The Kier molecular flexibility index (Phi) is 4.67. The SMILES string of the molecule is CC(=Cc1c(O)n(-c2ccc(Cl)cc2)c(=S)[nH]c1=O)C(F)(F)F. The maximum Gasteiger partial charge on any atom is 0.412 e. The lowest BCUT2D eigenvalue weighted by Gasteiger charge is -2.12. The van der Waals surface area contributed by atoms with Crippen molar-refractivity contribution in [3.63, 3.8) is 0 Å². The van der Waals surface area contributed by atoms with E-state index in [4.69, 9.17) is 23.8 Å². The van der Waals surface area contributed by atoms with Gasteiger partial charge in [-0.05, 0) is 49.5 Å². The number of hydrogen-bond donors (Lipinski definition) is 2. The van der Waals surface area contributed by atoms with Crippen molar-refractivity contribution < 1.29 is 18.3 Å². The predicted octanol–water partition coefficient (Wildman–Crippen LogP) is 4.22. The second-order valence-electron chi connectivity index (χ2n) is 4.63. The molecule has 0 amide bonds. The number of aromatic hydroxyl groups is 1.